The lowest BCUT2D eigenvalue weighted by Gasteiger charge is -2.30. The summed E-state index contributed by atoms with van der Waals surface area (Å²) in [5, 5.41) is 16.2. The summed E-state index contributed by atoms with van der Waals surface area (Å²) in [5.74, 6) is -2.12. The molecule has 1 atom stereocenters. The zero-order valence-electron chi connectivity index (χ0n) is 16.8. The average Bonchev–Trinajstić information content (AvgIpc) is 2.71. The van der Waals surface area contributed by atoms with Crippen LogP contribution >= 0.6 is 11.6 Å². The van der Waals surface area contributed by atoms with Gasteiger partial charge in [-0.3, -0.25) is 4.79 Å². The highest BCUT2D eigenvalue weighted by Crippen LogP contribution is 2.38. The Hall–Kier alpha value is -3.31. The average molecular weight is 423 g/mol. The summed E-state index contributed by atoms with van der Waals surface area (Å²) in [6.07, 6.45) is 3.77. The van der Waals surface area contributed by atoms with Crippen LogP contribution < -0.4 is 10.6 Å². The third-order valence-electron chi connectivity index (χ3n) is 4.91. The van der Waals surface area contributed by atoms with Crippen LogP contribution in [0.5, 0.6) is 0 Å². The standard InChI is InChI=1S/C24H23ClN2O3/c1-15-20(23(28)26-13-7-10-17-8-4-3-5-9-17)22(18-11-6-12-19(25)14-18)21(24(29)30)16(2)27-15/h3-12,14,22,27H,13H2,1-2H3,(H,26,28)(H,29,30). The molecule has 0 saturated carbocycles. The summed E-state index contributed by atoms with van der Waals surface area (Å²) in [7, 11) is 0. The minimum atomic E-state index is -1.08. The first kappa shape index (κ1) is 21.4. The smallest absolute Gasteiger partial charge is 0.334 e. The Morgan fingerprint density at radius 3 is 2.43 bits per heavy atom. The van der Waals surface area contributed by atoms with Gasteiger partial charge in [-0.1, -0.05) is 66.2 Å². The molecule has 3 rings (SSSR count). The van der Waals surface area contributed by atoms with Crippen LogP contribution in [0.4, 0.5) is 0 Å². The van der Waals surface area contributed by atoms with Crippen molar-refractivity contribution in [1.82, 2.24) is 10.6 Å². The van der Waals surface area contributed by atoms with Gasteiger partial charge in [0.05, 0.1) is 11.5 Å². The van der Waals surface area contributed by atoms with Crippen molar-refractivity contribution in [3.05, 3.63) is 99.4 Å². The molecule has 0 aromatic heterocycles. The molecule has 2 aromatic rings. The van der Waals surface area contributed by atoms with Crippen LogP contribution in [0, 0.1) is 0 Å². The zero-order valence-corrected chi connectivity index (χ0v) is 17.5. The van der Waals surface area contributed by atoms with E-state index in [9.17, 15) is 14.7 Å². The Morgan fingerprint density at radius 2 is 1.77 bits per heavy atom. The van der Waals surface area contributed by atoms with Crippen LogP contribution in [0.25, 0.3) is 6.08 Å². The van der Waals surface area contributed by atoms with Crippen LogP contribution in [-0.4, -0.2) is 23.5 Å². The molecule has 0 radical (unpaired) electrons. The van der Waals surface area contributed by atoms with E-state index in [1.165, 1.54) is 0 Å². The molecule has 1 unspecified atom stereocenters. The second-order valence-corrected chi connectivity index (χ2v) is 7.46. The van der Waals surface area contributed by atoms with Gasteiger partial charge in [-0.25, -0.2) is 4.79 Å². The molecule has 30 heavy (non-hydrogen) atoms. The number of halogens is 1. The van der Waals surface area contributed by atoms with Crippen molar-refractivity contribution in [2.24, 2.45) is 0 Å². The monoisotopic (exact) mass is 422 g/mol. The molecular weight excluding hydrogens is 400 g/mol. The number of hydrogen-bond acceptors (Lipinski definition) is 3. The highest BCUT2D eigenvalue weighted by molar-refractivity contribution is 6.30. The molecule has 0 spiro atoms. The van der Waals surface area contributed by atoms with E-state index in [0.717, 1.165) is 5.56 Å². The second kappa shape index (κ2) is 9.46. The molecule has 5 nitrogen and oxygen atoms in total. The van der Waals surface area contributed by atoms with E-state index in [4.69, 9.17) is 11.6 Å². The Labute approximate surface area is 180 Å². The van der Waals surface area contributed by atoms with Gasteiger partial charge >= 0.3 is 5.97 Å². The van der Waals surface area contributed by atoms with Crippen molar-refractivity contribution < 1.29 is 14.7 Å². The van der Waals surface area contributed by atoms with Crippen LogP contribution in [-0.2, 0) is 9.59 Å². The van der Waals surface area contributed by atoms with Gasteiger partial charge in [0.25, 0.3) is 0 Å². The number of aliphatic carboxylic acids is 1. The first-order chi connectivity index (χ1) is 14.4. The van der Waals surface area contributed by atoms with Gasteiger partial charge in [-0.15, -0.1) is 0 Å². The highest BCUT2D eigenvalue weighted by Gasteiger charge is 2.36. The van der Waals surface area contributed by atoms with E-state index < -0.39 is 11.9 Å². The number of carbonyl (C=O) groups is 2. The minimum absolute atomic E-state index is 0.132. The number of allylic oxidation sites excluding steroid dienone is 2. The molecule has 0 bridgehead atoms. The number of amides is 1. The quantitative estimate of drug-likeness (QED) is 0.641. The van der Waals surface area contributed by atoms with E-state index in [1.54, 1.807) is 38.1 Å². The van der Waals surface area contributed by atoms with E-state index in [1.807, 2.05) is 42.5 Å². The van der Waals surface area contributed by atoms with E-state index in [0.29, 0.717) is 34.1 Å². The molecule has 2 aromatic carbocycles. The number of carbonyl (C=O) groups excluding carboxylic acids is 1. The number of nitrogens with one attached hydrogen (secondary N) is 2. The molecule has 0 fully saturated rings. The maximum Gasteiger partial charge on any atom is 0.334 e. The van der Waals surface area contributed by atoms with Crippen molar-refractivity contribution in [3.63, 3.8) is 0 Å². The van der Waals surface area contributed by atoms with Crippen LogP contribution in [0.2, 0.25) is 5.02 Å². The largest absolute Gasteiger partial charge is 0.478 e. The number of carboxylic acid groups (broad SMARTS) is 1. The fourth-order valence-corrected chi connectivity index (χ4v) is 3.80. The summed E-state index contributed by atoms with van der Waals surface area (Å²) in [5.41, 5.74) is 3.31. The minimum Gasteiger partial charge on any atom is -0.478 e. The van der Waals surface area contributed by atoms with Gasteiger partial charge in [0, 0.05) is 28.5 Å². The molecule has 1 aliphatic heterocycles. The Morgan fingerprint density at radius 1 is 1.07 bits per heavy atom. The molecule has 1 heterocycles. The van der Waals surface area contributed by atoms with Crippen molar-refractivity contribution in [2.75, 3.05) is 6.54 Å². The predicted molar refractivity (Wildman–Crippen MR) is 119 cm³/mol. The summed E-state index contributed by atoms with van der Waals surface area (Å²) in [6.45, 7) is 3.79. The lowest BCUT2D eigenvalue weighted by molar-refractivity contribution is -0.133. The Bertz CT molecular complexity index is 1060. The molecule has 3 N–H and O–H groups in total. The Kier molecular flexibility index (Phi) is 6.75. The summed E-state index contributed by atoms with van der Waals surface area (Å²) in [4.78, 5) is 25.1. The summed E-state index contributed by atoms with van der Waals surface area (Å²) >= 11 is 6.15. The fraction of sp³-hybridized carbons (Fsp3) is 0.167. The topological polar surface area (TPSA) is 78.4 Å². The highest BCUT2D eigenvalue weighted by atomic mass is 35.5. The predicted octanol–water partition coefficient (Wildman–Crippen LogP) is 4.49. The summed E-state index contributed by atoms with van der Waals surface area (Å²) < 4.78 is 0. The van der Waals surface area contributed by atoms with Crippen molar-refractivity contribution in [1.29, 1.82) is 0 Å². The number of benzene rings is 2. The lowest BCUT2D eigenvalue weighted by Crippen LogP contribution is -2.36. The van der Waals surface area contributed by atoms with Gasteiger partial charge in [-0.05, 0) is 37.1 Å². The van der Waals surface area contributed by atoms with Crippen LogP contribution in [0.3, 0.4) is 0 Å². The zero-order chi connectivity index (χ0) is 21.7. The number of rotatable bonds is 6. The second-order valence-electron chi connectivity index (χ2n) is 7.02. The molecule has 0 saturated heterocycles. The molecule has 6 heteroatoms. The molecule has 154 valence electrons. The van der Waals surface area contributed by atoms with E-state index in [-0.39, 0.29) is 11.5 Å². The maximum absolute atomic E-state index is 13.1. The van der Waals surface area contributed by atoms with Gasteiger partial charge in [0.15, 0.2) is 0 Å². The van der Waals surface area contributed by atoms with Gasteiger partial charge in [0.1, 0.15) is 0 Å². The van der Waals surface area contributed by atoms with Crippen LogP contribution in [0.1, 0.15) is 30.9 Å². The Balaban J connectivity index is 1.88. The number of hydrogen-bond donors (Lipinski definition) is 3. The molecule has 0 aliphatic carbocycles. The molecule has 1 amide bonds. The summed E-state index contributed by atoms with van der Waals surface area (Å²) in [6, 6.07) is 16.7. The third-order valence-corrected chi connectivity index (χ3v) is 5.14. The fourth-order valence-electron chi connectivity index (χ4n) is 3.60. The number of carboxylic acids is 1. The first-order valence-electron chi connectivity index (χ1n) is 9.55. The van der Waals surface area contributed by atoms with E-state index >= 15 is 0 Å². The van der Waals surface area contributed by atoms with Crippen molar-refractivity contribution in [3.8, 4) is 0 Å². The van der Waals surface area contributed by atoms with Gasteiger partial charge in [0.2, 0.25) is 5.91 Å². The van der Waals surface area contributed by atoms with Gasteiger partial charge < -0.3 is 15.7 Å². The van der Waals surface area contributed by atoms with Crippen LogP contribution in [0.15, 0.2) is 83.2 Å². The first-order valence-corrected chi connectivity index (χ1v) is 9.93. The van der Waals surface area contributed by atoms with Crippen molar-refractivity contribution >= 4 is 29.6 Å². The lowest BCUT2D eigenvalue weighted by atomic mass is 9.80. The van der Waals surface area contributed by atoms with E-state index in [2.05, 4.69) is 10.6 Å². The van der Waals surface area contributed by atoms with Crippen molar-refractivity contribution in [2.45, 2.75) is 19.8 Å². The SMILES string of the molecule is CC1=C(C(=O)O)C(c2cccc(Cl)c2)C(C(=O)NCC=Cc2ccccc2)=C(C)N1. The molecule has 1 aliphatic rings. The normalized spacial score (nSPS) is 16.6. The van der Waals surface area contributed by atoms with Gasteiger partial charge in [-0.2, -0.15) is 0 Å². The third kappa shape index (κ3) is 4.81. The maximum atomic E-state index is 13.1. The molecular formula is C24H23ClN2O3. The number of dihydropyridines is 1.